The minimum atomic E-state index is -0.0227. The molecule has 0 spiro atoms. The van der Waals surface area contributed by atoms with Crippen LogP contribution in [0.1, 0.15) is 40.9 Å². The van der Waals surface area contributed by atoms with Gasteiger partial charge in [0.2, 0.25) is 5.96 Å². The summed E-state index contributed by atoms with van der Waals surface area (Å²) >= 11 is 0. The van der Waals surface area contributed by atoms with E-state index in [0.717, 1.165) is 41.2 Å². The van der Waals surface area contributed by atoms with E-state index >= 15 is 0 Å². The molecule has 2 aromatic carbocycles. The van der Waals surface area contributed by atoms with Crippen molar-refractivity contribution in [1.29, 1.82) is 0 Å². The first-order valence-electron chi connectivity index (χ1n) is 9.55. The molecule has 2 aromatic rings. The second kappa shape index (κ2) is 7.08. The highest BCUT2D eigenvalue weighted by Crippen LogP contribution is 2.38. The van der Waals surface area contributed by atoms with Gasteiger partial charge in [0.05, 0.1) is 12.7 Å². The van der Waals surface area contributed by atoms with Crippen LogP contribution in [0.5, 0.6) is 5.75 Å². The van der Waals surface area contributed by atoms with Gasteiger partial charge >= 0.3 is 0 Å². The van der Waals surface area contributed by atoms with Gasteiger partial charge in [-0.25, -0.2) is 9.98 Å². The molecule has 0 N–H and O–H groups in total. The predicted octanol–water partition coefficient (Wildman–Crippen LogP) is 4.11. The molecule has 142 valence electrons. The van der Waals surface area contributed by atoms with Crippen LogP contribution in [0, 0.1) is 6.92 Å². The summed E-state index contributed by atoms with van der Waals surface area (Å²) in [6.07, 6.45) is 0. The second-order valence-corrected chi connectivity index (χ2v) is 6.78. The number of rotatable bonds is 4. The number of ether oxygens (including phenoxy) is 1. The topological polar surface area (TPSA) is 54.3 Å². The molecule has 0 bridgehead atoms. The summed E-state index contributed by atoms with van der Waals surface area (Å²) in [4.78, 5) is 25.2. The summed E-state index contributed by atoms with van der Waals surface area (Å²) in [6.45, 7) is 7.74. The summed E-state index contributed by atoms with van der Waals surface area (Å²) < 4.78 is 5.48. The van der Waals surface area contributed by atoms with Crippen molar-refractivity contribution < 1.29 is 9.53 Å². The van der Waals surface area contributed by atoms with E-state index in [9.17, 15) is 4.79 Å². The first-order valence-corrected chi connectivity index (χ1v) is 9.55. The predicted molar refractivity (Wildman–Crippen MR) is 112 cm³/mol. The molecule has 0 aromatic heterocycles. The Morgan fingerprint density at radius 2 is 1.61 bits per heavy atom. The van der Waals surface area contributed by atoms with Gasteiger partial charge in [0, 0.05) is 24.2 Å². The largest absolute Gasteiger partial charge is 0.496 e. The standard InChI is InChI=1S/C23H23N3O2/c1-5-26(6-2)23-24-20-16-10-7-8-11-17(16)22(27)19(21(20)25-23)15-12-9-13-18(28-4)14(15)3/h7-13H,5-6H2,1-4H3. The molecule has 1 aliphatic heterocycles. The first-order chi connectivity index (χ1) is 13.6. The van der Waals surface area contributed by atoms with Gasteiger partial charge in [-0.1, -0.05) is 36.4 Å². The molecule has 0 atom stereocenters. The number of hydrogen-bond acceptors (Lipinski definition) is 5. The average Bonchev–Trinajstić information content (AvgIpc) is 3.15. The van der Waals surface area contributed by atoms with E-state index in [1.165, 1.54) is 0 Å². The Labute approximate surface area is 165 Å². The fraction of sp³-hybridized carbons (Fsp3) is 0.261. The van der Waals surface area contributed by atoms with Gasteiger partial charge in [-0.2, -0.15) is 0 Å². The van der Waals surface area contributed by atoms with Crippen molar-refractivity contribution >= 4 is 23.0 Å². The number of aliphatic imine (C=N–C) groups is 2. The van der Waals surface area contributed by atoms with Crippen molar-refractivity contribution in [2.75, 3.05) is 20.2 Å². The lowest BCUT2D eigenvalue weighted by atomic mass is 9.82. The number of allylic oxidation sites excluding steroid dienone is 2. The molecule has 0 unspecified atom stereocenters. The molecule has 28 heavy (non-hydrogen) atoms. The van der Waals surface area contributed by atoms with Crippen LogP contribution in [0.2, 0.25) is 0 Å². The summed E-state index contributed by atoms with van der Waals surface area (Å²) in [5.41, 5.74) is 5.29. The highest BCUT2D eigenvalue weighted by atomic mass is 16.5. The van der Waals surface area contributed by atoms with Gasteiger partial charge in [-0.05, 0) is 38.0 Å². The fourth-order valence-electron chi connectivity index (χ4n) is 3.83. The molecule has 1 aliphatic carbocycles. The third-order valence-electron chi connectivity index (χ3n) is 5.36. The number of carbonyl (C=O) groups excluding carboxylic acids is 1. The van der Waals surface area contributed by atoms with Gasteiger partial charge in [-0.3, -0.25) is 4.79 Å². The molecule has 0 fully saturated rings. The Morgan fingerprint density at radius 1 is 0.929 bits per heavy atom. The average molecular weight is 373 g/mol. The fourth-order valence-corrected chi connectivity index (χ4v) is 3.83. The van der Waals surface area contributed by atoms with Crippen LogP contribution in [-0.2, 0) is 0 Å². The van der Waals surface area contributed by atoms with Crippen LogP contribution in [-0.4, -0.2) is 42.6 Å². The third-order valence-corrected chi connectivity index (χ3v) is 5.36. The van der Waals surface area contributed by atoms with E-state index in [0.29, 0.717) is 22.8 Å². The third kappa shape index (κ3) is 2.66. The number of ketones is 1. The van der Waals surface area contributed by atoms with Crippen LogP contribution >= 0.6 is 0 Å². The molecule has 0 amide bonds. The Bertz CT molecular complexity index is 1060. The van der Waals surface area contributed by atoms with Crippen LogP contribution in [0.3, 0.4) is 0 Å². The second-order valence-electron chi connectivity index (χ2n) is 6.78. The minimum Gasteiger partial charge on any atom is -0.496 e. The number of carbonyl (C=O) groups is 1. The highest BCUT2D eigenvalue weighted by molar-refractivity contribution is 6.43. The zero-order chi connectivity index (χ0) is 19.8. The molecule has 0 radical (unpaired) electrons. The van der Waals surface area contributed by atoms with Gasteiger partial charge in [-0.15, -0.1) is 0 Å². The van der Waals surface area contributed by atoms with Crippen LogP contribution in [0.15, 0.2) is 58.1 Å². The van der Waals surface area contributed by atoms with Gasteiger partial charge < -0.3 is 9.64 Å². The van der Waals surface area contributed by atoms with E-state index in [-0.39, 0.29) is 5.78 Å². The lowest BCUT2D eigenvalue weighted by Gasteiger charge is -2.21. The smallest absolute Gasteiger partial charge is 0.226 e. The maximum atomic E-state index is 13.5. The SMILES string of the molecule is CCN(CC)C1=NC2=C(c3cccc(OC)c3C)C(=O)c3ccccc3C2=N1. The Balaban J connectivity index is 2.00. The van der Waals surface area contributed by atoms with E-state index in [4.69, 9.17) is 14.7 Å². The molecule has 2 aliphatic rings. The first kappa shape index (κ1) is 18.2. The Morgan fingerprint density at radius 3 is 2.29 bits per heavy atom. The van der Waals surface area contributed by atoms with Crippen LogP contribution in [0.25, 0.3) is 5.57 Å². The number of fused-ring (bicyclic) bond motifs is 3. The van der Waals surface area contributed by atoms with Gasteiger partial charge in [0.15, 0.2) is 5.78 Å². The lowest BCUT2D eigenvalue weighted by Crippen LogP contribution is -2.28. The van der Waals surface area contributed by atoms with E-state index in [1.807, 2.05) is 49.4 Å². The molecule has 0 saturated heterocycles. The van der Waals surface area contributed by atoms with Gasteiger partial charge in [0.25, 0.3) is 0 Å². The van der Waals surface area contributed by atoms with Crippen LogP contribution < -0.4 is 4.74 Å². The van der Waals surface area contributed by atoms with Crippen molar-refractivity contribution in [3.05, 3.63) is 70.4 Å². The van der Waals surface area contributed by atoms with E-state index in [2.05, 4.69) is 18.7 Å². The maximum absolute atomic E-state index is 13.5. The number of hydrogen-bond donors (Lipinski definition) is 0. The van der Waals surface area contributed by atoms with Crippen molar-refractivity contribution in [2.24, 2.45) is 9.98 Å². The lowest BCUT2D eigenvalue weighted by molar-refractivity contribution is 0.105. The molecular formula is C23H23N3O2. The van der Waals surface area contributed by atoms with Crippen LogP contribution in [0.4, 0.5) is 0 Å². The van der Waals surface area contributed by atoms with Gasteiger partial charge in [0.1, 0.15) is 17.2 Å². The Kier molecular flexibility index (Phi) is 4.59. The maximum Gasteiger partial charge on any atom is 0.226 e. The number of nitrogens with zero attached hydrogens (tertiary/aromatic N) is 3. The Hall–Kier alpha value is -3.21. The van der Waals surface area contributed by atoms with E-state index in [1.54, 1.807) is 7.11 Å². The zero-order valence-corrected chi connectivity index (χ0v) is 16.6. The van der Waals surface area contributed by atoms with Crippen molar-refractivity contribution in [3.8, 4) is 5.75 Å². The number of guanidine groups is 1. The zero-order valence-electron chi connectivity index (χ0n) is 16.6. The normalized spacial score (nSPS) is 15.1. The quantitative estimate of drug-likeness (QED) is 0.810. The van der Waals surface area contributed by atoms with Crippen molar-refractivity contribution in [2.45, 2.75) is 20.8 Å². The molecule has 5 heteroatoms. The summed E-state index contributed by atoms with van der Waals surface area (Å²) in [5, 5.41) is 0. The summed E-state index contributed by atoms with van der Waals surface area (Å²) in [5.74, 6) is 1.39. The summed E-state index contributed by atoms with van der Waals surface area (Å²) in [6, 6.07) is 13.4. The minimum absolute atomic E-state index is 0.0227. The van der Waals surface area contributed by atoms with Crippen molar-refractivity contribution in [1.82, 2.24) is 4.90 Å². The number of Topliss-reactive ketones (excluding diaryl/α,β-unsaturated/α-hetero) is 1. The number of methoxy groups -OCH3 is 1. The molecule has 1 heterocycles. The molecule has 5 nitrogen and oxygen atoms in total. The van der Waals surface area contributed by atoms with Crippen molar-refractivity contribution in [3.63, 3.8) is 0 Å². The molecular weight excluding hydrogens is 350 g/mol. The highest BCUT2D eigenvalue weighted by Gasteiger charge is 2.36. The van der Waals surface area contributed by atoms with E-state index < -0.39 is 0 Å². The molecule has 0 saturated carbocycles. The monoisotopic (exact) mass is 373 g/mol. The number of benzene rings is 2. The molecule has 4 rings (SSSR count). The summed E-state index contributed by atoms with van der Waals surface area (Å²) in [7, 11) is 1.64.